The minimum atomic E-state index is -1.01. The Hall–Kier alpha value is -3.16. The molecule has 4 rings (SSSR count). The van der Waals surface area contributed by atoms with E-state index in [9.17, 15) is 19.8 Å². The lowest BCUT2D eigenvalue weighted by Gasteiger charge is -2.41. The lowest BCUT2D eigenvalue weighted by molar-refractivity contribution is -0.136. The quantitative estimate of drug-likeness (QED) is 0.514. The van der Waals surface area contributed by atoms with Crippen molar-refractivity contribution in [1.82, 2.24) is 10.2 Å². The molecule has 0 saturated heterocycles. The number of carbonyl (C=O) groups excluding carboxylic acids is 2. The van der Waals surface area contributed by atoms with Gasteiger partial charge in [0.2, 0.25) is 11.8 Å². The summed E-state index contributed by atoms with van der Waals surface area (Å²) in [5.41, 5.74) is 2.18. The van der Waals surface area contributed by atoms with Gasteiger partial charge < -0.3 is 25.2 Å². The van der Waals surface area contributed by atoms with Gasteiger partial charge in [-0.15, -0.1) is 0 Å². The fourth-order valence-corrected chi connectivity index (χ4v) is 4.90. The van der Waals surface area contributed by atoms with Crippen LogP contribution < -0.4 is 10.1 Å². The number of aliphatic hydroxyl groups is 2. The number of nitrogens with zero attached hydrogens (tertiary/aromatic N) is 1. The van der Waals surface area contributed by atoms with E-state index in [1.54, 1.807) is 11.0 Å². The third kappa shape index (κ3) is 5.41. The number of nitrogens with one attached hydrogen (secondary N) is 1. The second kappa shape index (κ2) is 11.1. The Morgan fingerprint density at radius 1 is 1.09 bits per heavy atom. The van der Waals surface area contributed by atoms with Crippen molar-refractivity contribution < 1.29 is 24.5 Å². The number of fused-ring (bicyclic) bond motifs is 3. The zero-order chi connectivity index (χ0) is 24.9. The van der Waals surface area contributed by atoms with Crippen LogP contribution in [0.5, 0.6) is 5.75 Å². The summed E-state index contributed by atoms with van der Waals surface area (Å²) in [4.78, 5) is 28.4. The average Bonchev–Trinajstić information content (AvgIpc) is 3.24. The predicted octanol–water partition coefficient (Wildman–Crippen LogP) is 2.43. The van der Waals surface area contributed by atoms with Crippen molar-refractivity contribution in [3.63, 3.8) is 0 Å². The van der Waals surface area contributed by atoms with E-state index < -0.39 is 24.2 Å². The molecule has 0 bridgehead atoms. The molecule has 7 heteroatoms. The van der Waals surface area contributed by atoms with Crippen molar-refractivity contribution >= 4 is 11.8 Å². The van der Waals surface area contributed by atoms with Gasteiger partial charge in [-0.2, -0.15) is 0 Å². The van der Waals surface area contributed by atoms with Crippen LogP contribution in [0.1, 0.15) is 37.3 Å². The molecule has 186 valence electrons. The maximum Gasteiger partial charge on any atom is 0.247 e. The molecule has 7 nitrogen and oxygen atoms in total. The molecule has 0 saturated carbocycles. The predicted molar refractivity (Wildman–Crippen MR) is 133 cm³/mol. The molecule has 1 aliphatic heterocycles. The van der Waals surface area contributed by atoms with E-state index in [0.29, 0.717) is 23.8 Å². The molecule has 3 N–H and O–H groups in total. The van der Waals surface area contributed by atoms with Crippen molar-refractivity contribution in [2.75, 3.05) is 19.7 Å². The first-order valence-electron chi connectivity index (χ1n) is 12.3. The van der Waals surface area contributed by atoms with Crippen LogP contribution in [0.2, 0.25) is 0 Å². The highest BCUT2D eigenvalue weighted by molar-refractivity contribution is 5.96. The van der Waals surface area contributed by atoms with Crippen LogP contribution in [0.4, 0.5) is 0 Å². The van der Waals surface area contributed by atoms with Crippen LogP contribution in [0.25, 0.3) is 0 Å². The van der Waals surface area contributed by atoms with Crippen LogP contribution in [0.3, 0.4) is 0 Å². The fourth-order valence-electron chi connectivity index (χ4n) is 4.90. The van der Waals surface area contributed by atoms with E-state index in [1.165, 1.54) is 0 Å². The Bertz CT molecular complexity index is 1070. The van der Waals surface area contributed by atoms with Gasteiger partial charge in [0.15, 0.2) is 0 Å². The highest BCUT2D eigenvalue weighted by Crippen LogP contribution is 2.47. The largest absolute Gasteiger partial charge is 0.486 e. The number of benzene rings is 2. The van der Waals surface area contributed by atoms with Gasteiger partial charge >= 0.3 is 0 Å². The van der Waals surface area contributed by atoms with Crippen LogP contribution in [-0.2, 0) is 16.0 Å². The zero-order valence-corrected chi connectivity index (χ0v) is 20.3. The van der Waals surface area contributed by atoms with Crippen molar-refractivity contribution in [2.24, 2.45) is 5.92 Å². The SMILES string of the molecule is CC(C)CCN(C(=O)Cc1ccccc1)[C@@H]1C=C(C(=O)NCCO)[C@@H]2c3ccccc3O[C@@H]2[C@H]1O. The van der Waals surface area contributed by atoms with E-state index in [4.69, 9.17) is 4.74 Å². The third-order valence-electron chi connectivity index (χ3n) is 6.70. The lowest BCUT2D eigenvalue weighted by atomic mass is 9.77. The molecule has 0 spiro atoms. The summed E-state index contributed by atoms with van der Waals surface area (Å²) in [6.07, 6.45) is 1.00. The summed E-state index contributed by atoms with van der Waals surface area (Å²) in [5, 5.41) is 23.5. The second-order valence-electron chi connectivity index (χ2n) is 9.61. The first kappa shape index (κ1) is 24.9. The third-order valence-corrected chi connectivity index (χ3v) is 6.70. The number of rotatable bonds is 9. The van der Waals surface area contributed by atoms with Crippen molar-refractivity contribution in [3.8, 4) is 5.75 Å². The van der Waals surface area contributed by atoms with Crippen LogP contribution in [-0.4, -0.2) is 64.9 Å². The monoisotopic (exact) mass is 478 g/mol. The molecule has 0 fully saturated rings. The number of hydrogen-bond donors (Lipinski definition) is 3. The van der Waals surface area contributed by atoms with Gasteiger partial charge in [-0.3, -0.25) is 9.59 Å². The molecule has 2 aliphatic rings. The Kier molecular flexibility index (Phi) is 7.88. The maximum atomic E-state index is 13.5. The van der Waals surface area contributed by atoms with Gasteiger partial charge in [0.05, 0.1) is 25.0 Å². The Morgan fingerprint density at radius 2 is 1.80 bits per heavy atom. The van der Waals surface area contributed by atoms with E-state index in [2.05, 4.69) is 19.2 Å². The Morgan fingerprint density at radius 3 is 2.51 bits per heavy atom. The van der Waals surface area contributed by atoms with E-state index in [0.717, 1.165) is 17.5 Å². The van der Waals surface area contributed by atoms with Gasteiger partial charge in [-0.05, 0) is 30.0 Å². The fraction of sp³-hybridized carbons (Fsp3) is 0.429. The minimum Gasteiger partial charge on any atom is -0.486 e. The Balaban J connectivity index is 1.71. The molecule has 2 aromatic carbocycles. The standard InChI is InChI=1S/C28H34N2O5/c1-18(2)12-14-30(24(32)16-19-8-4-3-5-9-19)22-17-21(28(34)29-13-15-31)25-20-10-6-7-11-23(20)35-27(25)26(22)33/h3-11,17-18,22,25-27,31,33H,12-16H2,1-2H3,(H,29,34)/t22-,25+,26+,27+/m1/s1. The maximum absolute atomic E-state index is 13.5. The molecule has 0 radical (unpaired) electrons. The molecule has 1 heterocycles. The number of carbonyl (C=O) groups is 2. The second-order valence-corrected chi connectivity index (χ2v) is 9.61. The van der Waals surface area contributed by atoms with Gasteiger partial charge in [-0.1, -0.05) is 62.4 Å². The van der Waals surface area contributed by atoms with Crippen molar-refractivity contribution in [2.45, 2.75) is 50.9 Å². The summed E-state index contributed by atoms with van der Waals surface area (Å²) in [5.74, 6) is 0.102. The van der Waals surface area contributed by atoms with E-state index in [1.807, 2.05) is 54.6 Å². The molecule has 0 unspecified atom stereocenters. The molecule has 2 amide bonds. The van der Waals surface area contributed by atoms with E-state index >= 15 is 0 Å². The highest BCUT2D eigenvalue weighted by Gasteiger charge is 2.50. The van der Waals surface area contributed by atoms with Gasteiger partial charge in [0, 0.05) is 24.2 Å². The summed E-state index contributed by atoms with van der Waals surface area (Å²) in [7, 11) is 0. The van der Waals surface area contributed by atoms with Gasteiger partial charge in [0.25, 0.3) is 0 Å². The lowest BCUT2D eigenvalue weighted by Crippen LogP contribution is -2.56. The summed E-state index contributed by atoms with van der Waals surface area (Å²) in [6.45, 7) is 4.58. The van der Waals surface area contributed by atoms with Crippen molar-refractivity contribution in [3.05, 3.63) is 77.4 Å². The normalized spacial score (nSPS) is 22.6. The molecular formula is C28H34N2O5. The number of ether oxygens (including phenoxy) is 1. The topological polar surface area (TPSA) is 99.1 Å². The van der Waals surface area contributed by atoms with Gasteiger partial charge in [-0.25, -0.2) is 0 Å². The Labute approximate surface area is 206 Å². The van der Waals surface area contributed by atoms with Crippen LogP contribution in [0.15, 0.2) is 66.2 Å². The number of hydrogen-bond acceptors (Lipinski definition) is 5. The summed E-state index contributed by atoms with van der Waals surface area (Å²) >= 11 is 0. The number of para-hydroxylation sites is 1. The van der Waals surface area contributed by atoms with Gasteiger partial charge in [0.1, 0.15) is 18.0 Å². The average molecular weight is 479 g/mol. The first-order chi connectivity index (χ1) is 16.9. The smallest absolute Gasteiger partial charge is 0.247 e. The molecule has 0 aromatic heterocycles. The minimum absolute atomic E-state index is 0.110. The van der Waals surface area contributed by atoms with Crippen LogP contribution >= 0.6 is 0 Å². The zero-order valence-electron chi connectivity index (χ0n) is 20.3. The molecule has 4 atom stereocenters. The molecule has 1 aliphatic carbocycles. The highest BCUT2D eigenvalue weighted by atomic mass is 16.5. The molecular weight excluding hydrogens is 444 g/mol. The van der Waals surface area contributed by atoms with E-state index in [-0.39, 0.29) is 31.4 Å². The number of aliphatic hydroxyl groups excluding tert-OH is 2. The van der Waals surface area contributed by atoms with Crippen molar-refractivity contribution in [1.29, 1.82) is 0 Å². The molecule has 35 heavy (non-hydrogen) atoms. The number of amides is 2. The summed E-state index contributed by atoms with van der Waals surface area (Å²) in [6, 6.07) is 16.3. The molecule has 2 aromatic rings. The summed E-state index contributed by atoms with van der Waals surface area (Å²) < 4.78 is 6.15. The first-order valence-corrected chi connectivity index (χ1v) is 12.3. The van der Waals surface area contributed by atoms with Crippen LogP contribution in [0, 0.1) is 5.92 Å².